The van der Waals surface area contributed by atoms with Crippen molar-refractivity contribution in [3.8, 4) is 0 Å². The summed E-state index contributed by atoms with van der Waals surface area (Å²) in [7, 11) is 0. The van der Waals surface area contributed by atoms with Gasteiger partial charge in [0.25, 0.3) is 0 Å². The molecule has 26 heavy (non-hydrogen) atoms. The maximum absolute atomic E-state index is 13.6. The highest BCUT2D eigenvalue weighted by atomic mass is 19.1. The second-order valence-corrected chi connectivity index (χ2v) is 7.26. The number of halogens is 1. The molecule has 136 valence electrons. The van der Waals surface area contributed by atoms with E-state index in [1.54, 1.807) is 17.0 Å². The van der Waals surface area contributed by atoms with Gasteiger partial charge in [-0.2, -0.15) is 0 Å². The van der Waals surface area contributed by atoms with Gasteiger partial charge in [-0.1, -0.05) is 36.4 Å². The molecule has 3 atom stereocenters. The van der Waals surface area contributed by atoms with Gasteiger partial charge in [-0.15, -0.1) is 0 Å². The molecule has 2 aromatic rings. The first kappa shape index (κ1) is 17.2. The van der Waals surface area contributed by atoms with E-state index in [1.807, 2.05) is 18.2 Å². The normalized spacial score (nSPS) is 27.1. The summed E-state index contributed by atoms with van der Waals surface area (Å²) < 4.78 is 13.6. The Kier molecular flexibility index (Phi) is 4.74. The first-order chi connectivity index (χ1) is 12.6. The Morgan fingerprint density at radius 2 is 1.85 bits per heavy atom. The van der Waals surface area contributed by atoms with Gasteiger partial charge >= 0.3 is 0 Å². The van der Waals surface area contributed by atoms with Crippen molar-refractivity contribution in [3.05, 3.63) is 66.0 Å². The van der Waals surface area contributed by atoms with Crippen molar-refractivity contribution < 1.29 is 9.18 Å². The molecule has 0 bridgehead atoms. The molecule has 2 aliphatic heterocycles. The fraction of sp³-hybridized carbons (Fsp3) is 0.381. The van der Waals surface area contributed by atoms with Crippen LogP contribution < -0.4 is 10.6 Å². The molecule has 2 N–H and O–H groups in total. The lowest BCUT2D eigenvalue weighted by molar-refractivity contribution is -0.125. The monoisotopic (exact) mass is 353 g/mol. The number of anilines is 1. The third-order valence-corrected chi connectivity index (χ3v) is 5.59. The number of likely N-dealkylation sites (tertiary alicyclic amines) is 1. The van der Waals surface area contributed by atoms with Crippen molar-refractivity contribution in [2.45, 2.75) is 30.8 Å². The molecule has 2 fully saturated rings. The molecule has 0 spiro atoms. The van der Waals surface area contributed by atoms with Gasteiger partial charge in [0.05, 0.1) is 6.04 Å². The highest BCUT2D eigenvalue weighted by Gasteiger charge is 2.40. The van der Waals surface area contributed by atoms with Gasteiger partial charge in [-0.25, -0.2) is 4.39 Å². The molecule has 0 radical (unpaired) electrons. The van der Waals surface area contributed by atoms with Crippen LogP contribution in [0.2, 0.25) is 0 Å². The van der Waals surface area contributed by atoms with Crippen LogP contribution in [0.4, 0.5) is 10.1 Å². The number of nitrogens with zero attached hydrogens (tertiary/aromatic N) is 2. The van der Waals surface area contributed by atoms with Gasteiger partial charge in [0.15, 0.2) is 0 Å². The molecule has 4 nitrogen and oxygen atoms in total. The van der Waals surface area contributed by atoms with Crippen LogP contribution >= 0.6 is 0 Å². The van der Waals surface area contributed by atoms with Gasteiger partial charge in [-0.3, -0.25) is 9.69 Å². The number of piperidine rings is 1. The van der Waals surface area contributed by atoms with Gasteiger partial charge < -0.3 is 10.6 Å². The maximum atomic E-state index is 13.6. The number of rotatable bonds is 3. The summed E-state index contributed by atoms with van der Waals surface area (Å²) in [6, 6.07) is 16.4. The van der Waals surface area contributed by atoms with E-state index in [0.29, 0.717) is 18.8 Å². The SMILES string of the molecule is N[C@@H]1CN(C2CCCN(c3cccc(F)c3)C2=O)C[C@H]1c1ccccc1. The highest BCUT2D eigenvalue weighted by Crippen LogP contribution is 2.31. The van der Waals surface area contributed by atoms with Crippen LogP contribution in [0, 0.1) is 5.82 Å². The summed E-state index contributed by atoms with van der Waals surface area (Å²) in [5.41, 5.74) is 8.27. The summed E-state index contributed by atoms with van der Waals surface area (Å²) in [4.78, 5) is 17.0. The predicted octanol–water partition coefficient (Wildman–Crippen LogP) is 2.75. The molecule has 4 rings (SSSR count). The van der Waals surface area contributed by atoms with Crippen LogP contribution in [0.3, 0.4) is 0 Å². The Morgan fingerprint density at radius 3 is 2.62 bits per heavy atom. The van der Waals surface area contributed by atoms with Crippen LogP contribution in [-0.4, -0.2) is 42.5 Å². The van der Waals surface area contributed by atoms with Gasteiger partial charge in [-0.05, 0) is 36.6 Å². The molecular weight excluding hydrogens is 329 g/mol. The van der Waals surface area contributed by atoms with Crippen molar-refractivity contribution in [1.82, 2.24) is 4.90 Å². The Hall–Kier alpha value is -2.24. The minimum atomic E-state index is -0.315. The average Bonchev–Trinajstić information content (AvgIpc) is 3.04. The number of amides is 1. The number of carbonyl (C=O) groups is 1. The lowest BCUT2D eigenvalue weighted by Gasteiger charge is -2.37. The molecule has 0 aromatic heterocycles. The first-order valence-corrected chi connectivity index (χ1v) is 9.25. The van der Waals surface area contributed by atoms with Crippen LogP contribution in [0.25, 0.3) is 0 Å². The Balaban J connectivity index is 1.52. The van der Waals surface area contributed by atoms with E-state index >= 15 is 0 Å². The molecule has 2 saturated heterocycles. The van der Waals surface area contributed by atoms with Gasteiger partial charge in [0.1, 0.15) is 5.82 Å². The molecule has 2 aromatic carbocycles. The molecule has 0 saturated carbocycles. The molecule has 0 aliphatic carbocycles. The zero-order chi connectivity index (χ0) is 18.1. The van der Waals surface area contributed by atoms with E-state index in [2.05, 4.69) is 17.0 Å². The van der Waals surface area contributed by atoms with Crippen molar-refractivity contribution in [3.63, 3.8) is 0 Å². The standard InChI is InChI=1S/C21H24FN3O/c22-16-8-4-9-17(12-16)25-11-5-10-20(21(25)26)24-13-18(19(23)14-24)15-6-2-1-3-7-15/h1-4,6-9,12,18-20H,5,10-11,13-14,23H2/t18-,19+,20?/m0/s1. The molecule has 2 aliphatic rings. The zero-order valence-corrected chi connectivity index (χ0v) is 14.7. The minimum absolute atomic E-state index is 0.0229. The van der Waals surface area contributed by atoms with E-state index in [0.717, 1.165) is 19.4 Å². The van der Waals surface area contributed by atoms with Crippen LogP contribution in [0.5, 0.6) is 0 Å². The van der Waals surface area contributed by atoms with Gasteiger partial charge in [0, 0.05) is 37.3 Å². The summed E-state index contributed by atoms with van der Waals surface area (Å²) in [5.74, 6) is -0.0129. The van der Waals surface area contributed by atoms with Crippen molar-refractivity contribution >= 4 is 11.6 Å². The van der Waals surface area contributed by atoms with Crippen LogP contribution in [0.15, 0.2) is 54.6 Å². The Bertz CT molecular complexity index is 782. The Morgan fingerprint density at radius 1 is 1.04 bits per heavy atom. The maximum Gasteiger partial charge on any atom is 0.244 e. The zero-order valence-electron chi connectivity index (χ0n) is 14.7. The van der Waals surface area contributed by atoms with Gasteiger partial charge in [0.2, 0.25) is 5.91 Å². The van der Waals surface area contributed by atoms with E-state index < -0.39 is 0 Å². The van der Waals surface area contributed by atoms with Crippen molar-refractivity contribution in [1.29, 1.82) is 0 Å². The lowest BCUT2D eigenvalue weighted by atomic mass is 9.95. The fourth-order valence-electron chi connectivity index (χ4n) is 4.26. The number of benzene rings is 2. The van der Waals surface area contributed by atoms with Crippen LogP contribution in [0.1, 0.15) is 24.3 Å². The van der Waals surface area contributed by atoms with E-state index in [9.17, 15) is 9.18 Å². The number of hydrogen-bond donors (Lipinski definition) is 1. The largest absolute Gasteiger partial charge is 0.326 e. The predicted molar refractivity (Wildman–Crippen MR) is 101 cm³/mol. The summed E-state index contributed by atoms with van der Waals surface area (Å²) in [6.07, 6.45) is 1.74. The smallest absolute Gasteiger partial charge is 0.244 e. The number of hydrogen-bond acceptors (Lipinski definition) is 3. The molecule has 2 heterocycles. The van der Waals surface area contributed by atoms with Crippen LogP contribution in [-0.2, 0) is 4.79 Å². The third kappa shape index (κ3) is 3.24. The number of nitrogens with two attached hydrogens (primary N) is 1. The third-order valence-electron chi connectivity index (χ3n) is 5.59. The quantitative estimate of drug-likeness (QED) is 0.923. The van der Waals surface area contributed by atoms with E-state index in [4.69, 9.17) is 5.73 Å². The van der Waals surface area contributed by atoms with E-state index in [1.165, 1.54) is 17.7 Å². The first-order valence-electron chi connectivity index (χ1n) is 9.25. The summed E-state index contributed by atoms with van der Waals surface area (Å²) in [6.45, 7) is 2.15. The minimum Gasteiger partial charge on any atom is -0.326 e. The van der Waals surface area contributed by atoms with E-state index in [-0.39, 0.29) is 29.7 Å². The lowest BCUT2D eigenvalue weighted by Crippen LogP contribution is -2.52. The van der Waals surface area contributed by atoms with Crippen molar-refractivity contribution in [2.75, 3.05) is 24.5 Å². The topological polar surface area (TPSA) is 49.6 Å². The second kappa shape index (κ2) is 7.17. The summed E-state index contributed by atoms with van der Waals surface area (Å²) in [5, 5.41) is 0. The summed E-state index contributed by atoms with van der Waals surface area (Å²) >= 11 is 0. The molecule has 5 heteroatoms. The second-order valence-electron chi connectivity index (χ2n) is 7.26. The molecular formula is C21H24FN3O. The number of carbonyl (C=O) groups excluding carboxylic acids is 1. The van der Waals surface area contributed by atoms with Crippen molar-refractivity contribution in [2.24, 2.45) is 5.73 Å². The fourth-order valence-corrected chi connectivity index (χ4v) is 4.26. The highest BCUT2D eigenvalue weighted by molar-refractivity contribution is 5.98. The Labute approximate surface area is 153 Å². The molecule has 1 unspecified atom stereocenters. The average molecular weight is 353 g/mol. The molecule has 1 amide bonds.